The fourth-order valence-corrected chi connectivity index (χ4v) is 3.19. The molecule has 0 spiro atoms. The predicted molar refractivity (Wildman–Crippen MR) is 122 cm³/mol. The highest BCUT2D eigenvalue weighted by atomic mass is 32.1. The minimum atomic E-state index is -0.440. The van der Waals surface area contributed by atoms with Crippen LogP contribution in [0.2, 0.25) is 0 Å². The third-order valence-corrected chi connectivity index (χ3v) is 4.88. The van der Waals surface area contributed by atoms with Gasteiger partial charge in [-0.2, -0.15) is 0 Å². The van der Waals surface area contributed by atoms with Crippen LogP contribution in [0.4, 0.5) is 0 Å². The van der Waals surface area contributed by atoms with Crippen LogP contribution in [0.15, 0.2) is 78.2 Å². The average molecular weight is 438 g/mol. The van der Waals surface area contributed by atoms with Gasteiger partial charge in [-0.3, -0.25) is 25.8 Å². The third-order valence-electron chi connectivity index (χ3n) is 3.84. The second-order valence-corrected chi connectivity index (χ2v) is 7.40. The molecule has 3 N–H and O–H groups in total. The molecule has 3 aromatic rings. The van der Waals surface area contributed by atoms with E-state index in [1.807, 2.05) is 47.8 Å². The Morgan fingerprint density at radius 1 is 0.967 bits per heavy atom. The minimum Gasteiger partial charge on any atom is -0.488 e. The number of carbonyl (C=O) groups is 2. The van der Waals surface area contributed by atoms with Crippen molar-refractivity contribution in [3.63, 3.8) is 0 Å². The first-order valence-corrected chi connectivity index (χ1v) is 10.3. The second kappa shape index (κ2) is 10.9. The van der Waals surface area contributed by atoms with E-state index in [2.05, 4.69) is 16.2 Å². The van der Waals surface area contributed by atoms with Crippen LogP contribution in [0.3, 0.4) is 0 Å². The zero-order valence-corrected chi connectivity index (χ0v) is 17.5. The summed E-state index contributed by atoms with van der Waals surface area (Å²) in [6, 6.07) is 20.3. The molecule has 0 radical (unpaired) electrons. The average Bonchev–Trinajstić information content (AvgIpc) is 3.29. The quantitative estimate of drug-likeness (QED) is 0.312. The number of thiophene rings is 1. The predicted octanol–water partition coefficient (Wildman–Crippen LogP) is 3.68. The fraction of sp³-hybridized carbons (Fsp3) is 0.0455. The highest BCUT2D eigenvalue weighted by molar-refractivity contribution is 7.80. The van der Waals surface area contributed by atoms with Crippen LogP contribution in [0.25, 0.3) is 6.08 Å². The van der Waals surface area contributed by atoms with E-state index in [9.17, 15) is 9.59 Å². The first kappa shape index (κ1) is 21.2. The van der Waals surface area contributed by atoms with E-state index in [4.69, 9.17) is 17.0 Å². The summed E-state index contributed by atoms with van der Waals surface area (Å²) in [6.07, 6.45) is 3.05. The summed E-state index contributed by atoms with van der Waals surface area (Å²) in [4.78, 5) is 25.3. The smallest absolute Gasteiger partial charge is 0.273 e. The zero-order chi connectivity index (χ0) is 21.2. The van der Waals surface area contributed by atoms with E-state index in [1.165, 1.54) is 17.4 Å². The summed E-state index contributed by atoms with van der Waals surface area (Å²) in [7, 11) is 0. The van der Waals surface area contributed by atoms with Crippen molar-refractivity contribution in [2.75, 3.05) is 0 Å². The van der Waals surface area contributed by atoms with Gasteiger partial charge in [0.15, 0.2) is 5.11 Å². The SMILES string of the molecule is O=C(/C=C/c1cccs1)NC(=S)NNC(=O)c1ccccc1OCc1ccccc1. The number of ether oxygens (including phenoxy) is 1. The van der Waals surface area contributed by atoms with E-state index in [-0.39, 0.29) is 5.11 Å². The largest absolute Gasteiger partial charge is 0.488 e. The number of benzene rings is 2. The maximum absolute atomic E-state index is 12.5. The molecule has 0 saturated heterocycles. The van der Waals surface area contributed by atoms with Crippen LogP contribution in [0.5, 0.6) is 5.75 Å². The van der Waals surface area contributed by atoms with Crippen molar-refractivity contribution in [3.05, 3.63) is 94.2 Å². The van der Waals surface area contributed by atoms with Gasteiger partial charge in [0.2, 0.25) is 5.91 Å². The molecule has 0 saturated carbocycles. The van der Waals surface area contributed by atoms with E-state index in [0.717, 1.165) is 10.4 Å². The maximum atomic E-state index is 12.5. The molecule has 1 heterocycles. The summed E-state index contributed by atoms with van der Waals surface area (Å²) in [5.41, 5.74) is 6.32. The van der Waals surface area contributed by atoms with Crippen molar-refractivity contribution in [2.24, 2.45) is 0 Å². The van der Waals surface area contributed by atoms with Crippen molar-refractivity contribution in [1.82, 2.24) is 16.2 Å². The molecule has 2 aromatic carbocycles. The molecule has 0 aliphatic heterocycles. The van der Waals surface area contributed by atoms with Gasteiger partial charge in [-0.1, -0.05) is 48.5 Å². The fourth-order valence-electron chi connectivity index (χ4n) is 2.43. The first-order chi connectivity index (χ1) is 14.6. The number of nitrogens with one attached hydrogen (secondary N) is 3. The standard InChI is InChI=1S/C22H19N3O3S2/c26-20(13-12-17-9-6-14-30-17)23-22(29)25-24-21(27)18-10-4-5-11-19(18)28-15-16-7-2-1-3-8-16/h1-14H,15H2,(H,24,27)(H2,23,25,26,29)/b13-12+. The number of amides is 2. The minimum absolute atomic E-state index is 0.0214. The molecule has 8 heteroatoms. The molecular weight excluding hydrogens is 418 g/mol. The normalized spacial score (nSPS) is 10.4. The lowest BCUT2D eigenvalue weighted by molar-refractivity contribution is -0.115. The zero-order valence-electron chi connectivity index (χ0n) is 15.8. The summed E-state index contributed by atoms with van der Waals surface area (Å²) >= 11 is 6.56. The number of carbonyl (C=O) groups excluding carboxylic acids is 2. The molecule has 0 atom stereocenters. The molecule has 2 amide bonds. The van der Waals surface area contributed by atoms with Crippen molar-refractivity contribution in [3.8, 4) is 5.75 Å². The van der Waals surface area contributed by atoms with Gasteiger partial charge < -0.3 is 4.74 Å². The lowest BCUT2D eigenvalue weighted by Crippen LogP contribution is -2.48. The van der Waals surface area contributed by atoms with Gasteiger partial charge in [0, 0.05) is 11.0 Å². The first-order valence-electron chi connectivity index (χ1n) is 9.00. The molecule has 0 aliphatic rings. The molecule has 0 unspecified atom stereocenters. The highest BCUT2D eigenvalue weighted by Crippen LogP contribution is 2.19. The number of para-hydroxylation sites is 1. The van der Waals surface area contributed by atoms with Gasteiger partial charge in [-0.25, -0.2) is 0 Å². The molecule has 152 valence electrons. The van der Waals surface area contributed by atoms with Crippen LogP contribution < -0.4 is 20.9 Å². The van der Waals surface area contributed by atoms with Crippen LogP contribution >= 0.6 is 23.6 Å². The van der Waals surface area contributed by atoms with E-state index in [1.54, 1.807) is 30.3 Å². The van der Waals surface area contributed by atoms with Crippen LogP contribution in [0, 0.1) is 0 Å². The lowest BCUT2D eigenvalue weighted by atomic mass is 10.2. The summed E-state index contributed by atoms with van der Waals surface area (Å²) in [5.74, 6) is -0.402. The third kappa shape index (κ3) is 6.54. The molecule has 0 aliphatic carbocycles. The van der Waals surface area contributed by atoms with Crippen LogP contribution in [-0.4, -0.2) is 16.9 Å². The van der Waals surface area contributed by atoms with E-state index < -0.39 is 11.8 Å². The molecule has 1 aromatic heterocycles. The number of rotatable bonds is 6. The lowest BCUT2D eigenvalue weighted by Gasteiger charge is -2.13. The Balaban J connectivity index is 1.50. The number of hydrogen-bond donors (Lipinski definition) is 3. The Hall–Kier alpha value is -3.49. The molecule has 30 heavy (non-hydrogen) atoms. The Labute approximate surface area is 183 Å². The van der Waals surface area contributed by atoms with Gasteiger partial charge in [-0.05, 0) is 47.4 Å². The van der Waals surface area contributed by atoms with Crippen molar-refractivity contribution in [2.45, 2.75) is 6.61 Å². The van der Waals surface area contributed by atoms with Crippen molar-refractivity contribution < 1.29 is 14.3 Å². The Morgan fingerprint density at radius 3 is 2.50 bits per heavy atom. The highest BCUT2D eigenvalue weighted by Gasteiger charge is 2.12. The van der Waals surface area contributed by atoms with Gasteiger partial charge in [-0.15, -0.1) is 11.3 Å². The second-order valence-electron chi connectivity index (χ2n) is 6.02. The molecule has 0 bridgehead atoms. The van der Waals surface area contributed by atoms with Gasteiger partial charge in [0.25, 0.3) is 5.91 Å². The number of hydrazine groups is 1. The van der Waals surface area contributed by atoms with E-state index in [0.29, 0.717) is 17.9 Å². The number of hydrogen-bond acceptors (Lipinski definition) is 5. The monoisotopic (exact) mass is 437 g/mol. The Morgan fingerprint density at radius 2 is 1.73 bits per heavy atom. The van der Waals surface area contributed by atoms with Gasteiger partial charge in [0.1, 0.15) is 12.4 Å². The van der Waals surface area contributed by atoms with Crippen molar-refractivity contribution >= 4 is 46.6 Å². The molecule has 6 nitrogen and oxygen atoms in total. The van der Waals surface area contributed by atoms with Crippen LogP contribution in [0.1, 0.15) is 20.8 Å². The van der Waals surface area contributed by atoms with Gasteiger partial charge >= 0.3 is 0 Å². The molecule has 3 rings (SSSR count). The molecular formula is C22H19N3O3S2. The Kier molecular flexibility index (Phi) is 7.71. The summed E-state index contributed by atoms with van der Waals surface area (Å²) in [5, 5.41) is 4.36. The molecule has 0 fully saturated rings. The summed E-state index contributed by atoms with van der Waals surface area (Å²) in [6.45, 7) is 0.337. The van der Waals surface area contributed by atoms with Crippen molar-refractivity contribution in [1.29, 1.82) is 0 Å². The Bertz CT molecular complexity index is 1030. The van der Waals surface area contributed by atoms with Gasteiger partial charge in [0.05, 0.1) is 5.56 Å². The van der Waals surface area contributed by atoms with Crippen LogP contribution in [-0.2, 0) is 11.4 Å². The summed E-state index contributed by atoms with van der Waals surface area (Å²) < 4.78 is 5.78. The topological polar surface area (TPSA) is 79.5 Å². The van der Waals surface area contributed by atoms with E-state index >= 15 is 0 Å². The number of thiocarbonyl (C=S) groups is 1. The maximum Gasteiger partial charge on any atom is 0.273 e.